The van der Waals surface area contributed by atoms with E-state index in [0.29, 0.717) is 5.82 Å². The van der Waals surface area contributed by atoms with Gasteiger partial charge in [-0.05, 0) is 36.8 Å². The molecule has 5 nitrogen and oxygen atoms in total. The molecule has 5 heteroatoms. The summed E-state index contributed by atoms with van der Waals surface area (Å²) in [5.74, 6) is 1.41. The largest absolute Gasteiger partial charge is 0.339 e. The molecule has 0 atom stereocenters. The number of fused-ring (bicyclic) bond motifs is 1. The van der Waals surface area contributed by atoms with Crippen LogP contribution in [-0.2, 0) is 0 Å². The zero-order valence-corrected chi connectivity index (χ0v) is 13.1. The molecule has 0 aliphatic heterocycles. The second-order valence-corrected chi connectivity index (χ2v) is 5.46. The average Bonchev–Trinajstić information content (AvgIpc) is 2.64. The zero-order valence-electron chi connectivity index (χ0n) is 13.1. The molecule has 24 heavy (non-hydrogen) atoms. The molecular formula is C19H15N5. The molecule has 0 fully saturated rings. The van der Waals surface area contributed by atoms with Crippen LogP contribution in [0, 0.1) is 6.92 Å². The highest BCUT2D eigenvalue weighted by molar-refractivity contribution is 5.91. The van der Waals surface area contributed by atoms with Gasteiger partial charge in [-0.25, -0.2) is 9.97 Å². The van der Waals surface area contributed by atoms with Crippen LogP contribution in [0.25, 0.3) is 22.3 Å². The monoisotopic (exact) mass is 313 g/mol. The van der Waals surface area contributed by atoms with Gasteiger partial charge in [0.05, 0.1) is 11.7 Å². The molecule has 1 N–H and O–H groups in total. The first-order valence-corrected chi connectivity index (χ1v) is 7.66. The third-order valence-corrected chi connectivity index (χ3v) is 3.84. The minimum absolute atomic E-state index is 0.647. The standard InChI is InChI=1S/C19H15N5/c1-13-4-2-3-5-16(13)22-19-15-8-11-21-12-17(15)23-18(24-19)14-6-9-20-10-7-14/h2-12H,1H3,(H,22,23,24). The summed E-state index contributed by atoms with van der Waals surface area (Å²) in [6.45, 7) is 2.07. The highest BCUT2D eigenvalue weighted by Crippen LogP contribution is 2.27. The molecule has 1 aromatic carbocycles. The summed E-state index contributed by atoms with van der Waals surface area (Å²) in [5, 5.41) is 4.37. The topological polar surface area (TPSA) is 63.6 Å². The number of rotatable bonds is 3. The molecule has 0 radical (unpaired) electrons. The number of hydrogen-bond donors (Lipinski definition) is 1. The quantitative estimate of drug-likeness (QED) is 0.616. The first-order valence-electron chi connectivity index (χ1n) is 7.66. The first kappa shape index (κ1) is 14.3. The Bertz CT molecular complexity index is 999. The molecule has 0 saturated carbocycles. The van der Waals surface area contributed by atoms with E-state index in [1.807, 2.05) is 36.4 Å². The molecular weight excluding hydrogens is 298 g/mol. The van der Waals surface area contributed by atoms with E-state index in [1.165, 1.54) is 0 Å². The molecule has 0 aliphatic rings. The molecule has 0 aliphatic carbocycles. The van der Waals surface area contributed by atoms with E-state index in [-0.39, 0.29) is 0 Å². The van der Waals surface area contributed by atoms with E-state index in [0.717, 1.165) is 33.5 Å². The van der Waals surface area contributed by atoms with Gasteiger partial charge in [0.2, 0.25) is 0 Å². The molecule has 0 saturated heterocycles. The molecule has 3 heterocycles. The molecule has 116 valence electrons. The van der Waals surface area contributed by atoms with Crippen LogP contribution in [0.3, 0.4) is 0 Å². The SMILES string of the molecule is Cc1ccccc1Nc1nc(-c2ccncc2)nc2cnccc12. The number of aryl methyl sites for hydroxylation is 1. The summed E-state index contributed by atoms with van der Waals surface area (Å²) in [5.41, 5.74) is 3.90. The van der Waals surface area contributed by atoms with Gasteiger partial charge in [-0.15, -0.1) is 0 Å². The van der Waals surface area contributed by atoms with Crippen molar-refractivity contribution >= 4 is 22.4 Å². The number of para-hydroxylation sites is 1. The Balaban J connectivity index is 1.88. The van der Waals surface area contributed by atoms with Crippen molar-refractivity contribution in [2.75, 3.05) is 5.32 Å². The minimum Gasteiger partial charge on any atom is -0.339 e. The Morgan fingerprint density at radius 2 is 1.62 bits per heavy atom. The fourth-order valence-corrected chi connectivity index (χ4v) is 2.55. The smallest absolute Gasteiger partial charge is 0.162 e. The molecule has 0 amide bonds. The fraction of sp³-hybridized carbons (Fsp3) is 0.0526. The Morgan fingerprint density at radius 1 is 0.833 bits per heavy atom. The maximum atomic E-state index is 4.73. The van der Waals surface area contributed by atoms with Crippen LogP contribution in [0.1, 0.15) is 5.56 Å². The number of nitrogens with zero attached hydrogens (tertiary/aromatic N) is 4. The highest BCUT2D eigenvalue weighted by Gasteiger charge is 2.10. The van der Waals surface area contributed by atoms with Crippen molar-refractivity contribution in [1.29, 1.82) is 0 Å². The van der Waals surface area contributed by atoms with Gasteiger partial charge >= 0.3 is 0 Å². The van der Waals surface area contributed by atoms with Gasteiger partial charge in [-0.3, -0.25) is 9.97 Å². The maximum Gasteiger partial charge on any atom is 0.162 e. The van der Waals surface area contributed by atoms with Crippen LogP contribution in [0.2, 0.25) is 0 Å². The number of hydrogen-bond acceptors (Lipinski definition) is 5. The van der Waals surface area contributed by atoms with Crippen LogP contribution >= 0.6 is 0 Å². The summed E-state index contributed by atoms with van der Waals surface area (Å²) < 4.78 is 0. The Morgan fingerprint density at radius 3 is 2.46 bits per heavy atom. The van der Waals surface area contributed by atoms with Gasteiger partial charge in [0.15, 0.2) is 5.82 Å². The molecule has 0 spiro atoms. The fourth-order valence-electron chi connectivity index (χ4n) is 2.55. The van der Waals surface area contributed by atoms with Crippen molar-refractivity contribution in [2.24, 2.45) is 0 Å². The van der Waals surface area contributed by atoms with Gasteiger partial charge in [-0.2, -0.15) is 0 Å². The minimum atomic E-state index is 0.647. The van der Waals surface area contributed by atoms with Crippen molar-refractivity contribution in [3.8, 4) is 11.4 Å². The van der Waals surface area contributed by atoms with Gasteiger partial charge < -0.3 is 5.32 Å². The zero-order chi connectivity index (χ0) is 16.4. The van der Waals surface area contributed by atoms with Crippen molar-refractivity contribution in [1.82, 2.24) is 19.9 Å². The van der Waals surface area contributed by atoms with E-state index in [1.54, 1.807) is 24.8 Å². The van der Waals surface area contributed by atoms with Crippen molar-refractivity contribution in [3.05, 3.63) is 72.8 Å². The lowest BCUT2D eigenvalue weighted by atomic mass is 10.2. The molecule has 4 rings (SSSR count). The Hall–Kier alpha value is -3.34. The number of anilines is 2. The number of nitrogens with one attached hydrogen (secondary N) is 1. The molecule has 0 bridgehead atoms. The summed E-state index contributed by atoms with van der Waals surface area (Å²) in [7, 11) is 0. The average molecular weight is 313 g/mol. The normalized spacial score (nSPS) is 10.7. The van der Waals surface area contributed by atoms with Crippen molar-refractivity contribution in [3.63, 3.8) is 0 Å². The second-order valence-electron chi connectivity index (χ2n) is 5.46. The molecule has 0 unspecified atom stereocenters. The summed E-state index contributed by atoms with van der Waals surface area (Å²) in [4.78, 5) is 17.6. The highest BCUT2D eigenvalue weighted by atomic mass is 15.0. The second kappa shape index (κ2) is 6.04. The van der Waals surface area contributed by atoms with Gasteiger partial charge in [0, 0.05) is 35.2 Å². The van der Waals surface area contributed by atoms with E-state index >= 15 is 0 Å². The van der Waals surface area contributed by atoms with E-state index in [9.17, 15) is 0 Å². The van der Waals surface area contributed by atoms with Crippen molar-refractivity contribution in [2.45, 2.75) is 6.92 Å². The Kier molecular flexibility index (Phi) is 3.59. The predicted octanol–water partition coefficient (Wildman–Crippen LogP) is 4.14. The van der Waals surface area contributed by atoms with Crippen LogP contribution in [0.5, 0.6) is 0 Å². The lowest BCUT2D eigenvalue weighted by Crippen LogP contribution is -2.00. The lowest BCUT2D eigenvalue weighted by Gasteiger charge is -2.12. The van der Waals surface area contributed by atoms with E-state index < -0.39 is 0 Å². The maximum absolute atomic E-state index is 4.73. The summed E-state index contributed by atoms with van der Waals surface area (Å²) in [6, 6.07) is 13.8. The van der Waals surface area contributed by atoms with E-state index in [4.69, 9.17) is 4.98 Å². The number of pyridine rings is 2. The van der Waals surface area contributed by atoms with Crippen LogP contribution in [0.15, 0.2) is 67.3 Å². The first-order chi connectivity index (χ1) is 11.8. The summed E-state index contributed by atoms with van der Waals surface area (Å²) >= 11 is 0. The Labute approximate surface area is 139 Å². The van der Waals surface area contributed by atoms with Gasteiger partial charge in [0.25, 0.3) is 0 Å². The predicted molar refractivity (Wildman–Crippen MR) is 95.0 cm³/mol. The number of benzene rings is 1. The molecule has 3 aromatic heterocycles. The third kappa shape index (κ3) is 2.67. The van der Waals surface area contributed by atoms with Gasteiger partial charge in [0.1, 0.15) is 5.82 Å². The van der Waals surface area contributed by atoms with Crippen LogP contribution in [-0.4, -0.2) is 19.9 Å². The lowest BCUT2D eigenvalue weighted by molar-refractivity contribution is 1.19. The number of aromatic nitrogens is 4. The van der Waals surface area contributed by atoms with Gasteiger partial charge in [-0.1, -0.05) is 18.2 Å². The third-order valence-electron chi connectivity index (χ3n) is 3.84. The van der Waals surface area contributed by atoms with Crippen molar-refractivity contribution < 1.29 is 0 Å². The van der Waals surface area contributed by atoms with E-state index in [2.05, 4.69) is 33.3 Å². The summed E-state index contributed by atoms with van der Waals surface area (Å²) in [6.07, 6.45) is 6.98. The van der Waals surface area contributed by atoms with Crippen LogP contribution < -0.4 is 5.32 Å². The molecule has 4 aromatic rings. The van der Waals surface area contributed by atoms with Crippen LogP contribution in [0.4, 0.5) is 11.5 Å².